The molecule has 0 amide bonds. The number of nitrogens with two attached hydrogens (primary N) is 1. The van der Waals surface area contributed by atoms with Gasteiger partial charge in [0, 0.05) is 24.0 Å². The van der Waals surface area contributed by atoms with E-state index in [0.717, 1.165) is 19.4 Å². The highest BCUT2D eigenvalue weighted by atomic mass is 15.2. The third kappa shape index (κ3) is 2.44. The smallest absolute Gasteiger partial charge is 0.0444 e. The monoisotopic (exact) mass is 266 g/mol. The molecule has 2 aromatic carbocycles. The Morgan fingerprint density at radius 2 is 1.95 bits per heavy atom. The predicted octanol–water partition coefficient (Wildman–Crippen LogP) is 3.58. The summed E-state index contributed by atoms with van der Waals surface area (Å²) < 4.78 is 0. The summed E-state index contributed by atoms with van der Waals surface area (Å²) in [6.45, 7) is 5.33. The van der Waals surface area contributed by atoms with Crippen molar-refractivity contribution in [2.75, 3.05) is 11.4 Å². The first-order chi connectivity index (χ1) is 9.65. The lowest BCUT2D eigenvalue weighted by Gasteiger charge is -2.22. The number of para-hydroxylation sites is 1. The Morgan fingerprint density at radius 1 is 1.15 bits per heavy atom. The number of hydrogen-bond acceptors (Lipinski definition) is 2. The van der Waals surface area contributed by atoms with Gasteiger partial charge in [-0.3, -0.25) is 0 Å². The molecule has 0 aromatic heterocycles. The van der Waals surface area contributed by atoms with Crippen molar-refractivity contribution in [3.8, 4) is 0 Å². The topological polar surface area (TPSA) is 29.3 Å². The summed E-state index contributed by atoms with van der Waals surface area (Å²) in [5.74, 6) is 0. The molecule has 2 N–H and O–H groups in total. The standard InChI is InChI=1S/C18H22N2/c1-13-11-15(12-14(2)19)7-8-17(13)20-10-9-16-5-3-4-6-18(16)20/h3-8,11,14H,9-10,12,19H2,1-2H3. The van der Waals surface area contributed by atoms with Crippen molar-refractivity contribution >= 4 is 11.4 Å². The van der Waals surface area contributed by atoms with Crippen LogP contribution in [0.1, 0.15) is 23.6 Å². The van der Waals surface area contributed by atoms with Crippen molar-refractivity contribution < 1.29 is 0 Å². The van der Waals surface area contributed by atoms with Gasteiger partial charge in [-0.15, -0.1) is 0 Å². The molecule has 104 valence electrons. The van der Waals surface area contributed by atoms with Gasteiger partial charge >= 0.3 is 0 Å². The predicted molar refractivity (Wildman–Crippen MR) is 85.7 cm³/mol. The molecule has 1 unspecified atom stereocenters. The number of anilines is 2. The first-order valence-corrected chi connectivity index (χ1v) is 7.35. The highest BCUT2D eigenvalue weighted by molar-refractivity contribution is 5.72. The van der Waals surface area contributed by atoms with Gasteiger partial charge in [0.1, 0.15) is 0 Å². The SMILES string of the molecule is Cc1cc(CC(C)N)ccc1N1CCc2ccccc21. The Bertz CT molecular complexity index is 617. The van der Waals surface area contributed by atoms with Gasteiger partial charge in [0.15, 0.2) is 0 Å². The largest absolute Gasteiger partial charge is 0.341 e. The van der Waals surface area contributed by atoms with Crippen molar-refractivity contribution in [2.45, 2.75) is 32.7 Å². The molecule has 0 aliphatic carbocycles. The van der Waals surface area contributed by atoms with Gasteiger partial charge in [0.2, 0.25) is 0 Å². The molecule has 1 heterocycles. The summed E-state index contributed by atoms with van der Waals surface area (Å²) in [7, 11) is 0. The van der Waals surface area contributed by atoms with Gasteiger partial charge < -0.3 is 10.6 Å². The van der Waals surface area contributed by atoms with Crippen molar-refractivity contribution in [1.82, 2.24) is 0 Å². The quantitative estimate of drug-likeness (QED) is 0.920. The lowest BCUT2D eigenvalue weighted by molar-refractivity contribution is 0.737. The molecule has 2 aromatic rings. The van der Waals surface area contributed by atoms with E-state index in [9.17, 15) is 0 Å². The Balaban J connectivity index is 1.92. The third-order valence-corrected chi connectivity index (χ3v) is 4.00. The summed E-state index contributed by atoms with van der Waals surface area (Å²) >= 11 is 0. The lowest BCUT2D eigenvalue weighted by atomic mass is 10.0. The zero-order valence-electron chi connectivity index (χ0n) is 12.3. The van der Waals surface area contributed by atoms with Gasteiger partial charge in [-0.05, 0) is 55.5 Å². The number of hydrogen-bond donors (Lipinski definition) is 1. The lowest BCUT2D eigenvalue weighted by Crippen LogP contribution is -2.18. The Kier molecular flexibility index (Phi) is 3.49. The van der Waals surface area contributed by atoms with Crippen LogP contribution in [-0.4, -0.2) is 12.6 Å². The molecule has 1 atom stereocenters. The van der Waals surface area contributed by atoms with Crippen LogP contribution in [-0.2, 0) is 12.8 Å². The molecule has 0 fully saturated rings. The fraction of sp³-hybridized carbons (Fsp3) is 0.333. The number of fused-ring (bicyclic) bond motifs is 1. The van der Waals surface area contributed by atoms with Gasteiger partial charge in [-0.25, -0.2) is 0 Å². The van der Waals surface area contributed by atoms with Gasteiger partial charge in [-0.2, -0.15) is 0 Å². The van der Waals surface area contributed by atoms with E-state index in [2.05, 4.69) is 61.2 Å². The molecule has 20 heavy (non-hydrogen) atoms. The molecule has 1 aliphatic rings. The molecule has 0 saturated carbocycles. The molecule has 0 bridgehead atoms. The number of benzene rings is 2. The first kappa shape index (κ1) is 13.2. The molecular weight excluding hydrogens is 244 g/mol. The maximum absolute atomic E-state index is 5.89. The minimum atomic E-state index is 0.216. The maximum Gasteiger partial charge on any atom is 0.0444 e. The van der Waals surface area contributed by atoms with Crippen molar-refractivity contribution in [3.05, 3.63) is 59.2 Å². The summed E-state index contributed by atoms with van der Waals surface area (Å²) in [6, 6.07) is 15.7. The summed E-state index contributed by atoms with van der Waals surface area (Å²) in [5.41, 5.74) is 12.7. The van der Waals surface area contributed by atoms with Crippen LogP contribution in [0.3, 0.4) is 0 Å². The minimum Gasteiger partial charge on any atom is -0.341 e. The van der Waals surface area contributed by atoms with Crippen molar-refractivity contribution in [3.63, 3.8) is 0 Å². The highest BCUT2D eigenvalue weighted by Crippen LogP contribution is 2.36. The third-order valence-electron chi connectivity index (χ3n) is 4.00. The van der Waals surface area contributed by atoms with E-state index in [1.807, 2.05) is 0 Å². The van der Waals surface area contributed by atoms with Gasteiger partial charge in [-0.1, -0.05) is 30.3 Å². The van der Waals surface area contributed by atoms with E-state index in [-0.39, 0.29) is 6.04 Å². The fourth-order valence-corrected chi connectivity index (χ4v) is 3.11. The first-order valence-electron chi connectivity index (χ1n) is 7.35. The molecular formula is C18H22N2. The minimum absolute atomic E-state index is 0.216. The van der Waals surface area contributed by atoms with E-state index in [1.54, 1.807) is 0 Å². The van der Waals surface area contributed by atoms with Crippen LogP contribution in [0.2, 0.25) is 0 Å². The molecule has 2 nitrogen and oxygen atoms in total. The van der Waals surface area contributed by atoms with Crippen LogP contribution in [0.5, 0.6) is 0 Å². The molecule has 1 aliphatic heterocycles. The molecule has 0 saturated heterocycles. The summed E-state index contributed by atoms with van der Waals surface area (Å²) in [4.78, 5) is 2.43. The van der Waals surface area contributed by atoms with Crippen LogP contribution in [0.15, 0.2) is 42.5 Å². The van der Waals surface area contributed by atoms with Crippen molar-refractivity contribution in [2.24, 2.45) is 5.73 Å². The zero-order chi connectivity index (χ0) is 14.1. The number of aryl methyl sites for hydroxylation is 1. The Labute approximate surface area is 121 Å². The van der Waals surface area contributed by atoms with Gasteiger partial charge in [0.25, 0.3) is 0 Å². The second-order valence-corrected chi connectivity index (χ2v) is 5.83. The Hall–Kier alpha value is -1.80. The van der Waals surface area contributed by atoms with E-state index in [4.69, 9.17) is 5.73 Å². The van der Waals surface area contributed by atoms with Crippen LogP contribution >= 0.6 is 0 Å². The zero-order valence-corrected chi connectivity index (χ0v) is 12.3. The van der Waals surface area contributed by atoms with Crippen LogP contribution in [0, 0.1) is 6.92 Å². The normalized spacial score (nSPS) is 15.2. The maximum atomic E-state index is 5.89. The van der Waals surface area contributed by atoms with E-state index in [1.165, 1.54) is 28.1 Å². The average molecular weight is 266 g/mol. The fourth-order valence-electron chi connectivity index (χ4n) is 3.11. The molecule has 0 spiro atoms. The number of nitrogens with zero attached hydrogens (tertiary/aromatic N) is 1. The molecule has 3 rings (SSSR count). The highest BCUT2D eigenvalue weighted by Gasteiger charge is 2.20. The second kappa shape index (κ2) is 5.29. The number of rotatable bonds is 3. The van der Waals surface area contributed by atoms with Crippen LogP contribution < -0.4 is 10.6 Å². The van der Waals surface area contributed by atoms with Crippen LogP contribution in [0.4, 0.5) is 11.4 Å². The van der Waals surface area contributed by atoms with E-state index < -0.39 is 0 Å². The van der Waals surface area contributed by atoms with Gasteiger partial charge in [0.05, 0.1) is 0 Å². The van der Waals surface area contributed by atoms with E-state index in [0.29, 0.717) is 0 Å². The Morgan fingerprint density at radius 3 is 2.70 bits per heavy atom. The van der Waals surface area contributed by atoms with Crippen LogP contribution in [0.25, 0.3) is 0 Å². The second-order valence-electron chi connectivity index (χ2n) is 5.83. The molecule has 2 heteroatoms. The van der Waals surface area contributed by atoms with Crippen molar-refractivity contribution in [1.29, 1.82) is 0 Å². The van der Waals surface area contributed by atoms with E-state index >= 15 is 0 Å². The average Bonchev–Trinajstić information content (AvgIpc) is 2.82. The summed E-state index contributed by atoms with van der Waals surface area (Å²) in [6.07, 6.45) is 2.08. The summed E-state index contributed by atoms with van der Waals surface area (Å²) in [5, 5.41) is 0. The molecule has 0 radical (unpaired) electrons.